The van der Waals surface area contributed by atoms with Gasteiger partial charge in [0, 0.05) is 18.7 Å². The first-order valence-electron chi connectivity index (χ1n) is 7.60. The van der Waals surface area contributed by atoms with Gasteiger partial charge in [0.2, 0.25) is 0 Å². The Balaban J connectivity index is 0.000000159. The van der Waals surface area contributed by atoms with Gasteiger partial charge in [0.25, 0.3) is 11.1 Å². The molecule has 0 aliphatic rings. The number of H-pyrrole nitrogens is 1. The summed E-state index contributed by atoms with van der Waals surface area (Å²) in [6.45, 7) is 3.84. The van der Waals surface area contributed by atoms with Crippen molar-refractivity contribution in [2.45, 2.75) is 6.54 Å². The van der Waals surface area contributed by atoms with E-state index in [1.807, 2.05) is 0 Å². The number of nitrogens with zero attached hydrogens (tertiary/aromatic N) is 5. The minimum Gasteiger partial charge on any atom is -0.318 e. The Labute approximate surface area is 149 Å². The zero-order valence-electron chi connectivity index (χ0n) is 13.8. The Morgan fingerprint density at radius 1 is 0.963 bits per heavy atom. The third-order valence-corrected chi connectivity index (χ3v) is 3.37. The Kier molecular flexibility index (Phi) is 5.06. The van der Waals surface area contributed by atoms with Gasteiger partial charge in [-0.1, -0.05) is 6.08 Å². The van der Waals surface area contributed by atoms with E-state index in [9.17, 15) is 18.4 Å². The number of hydrogen-bond acceptors (Lipinski definition) is 6. The summed E-state index contributed by atoms with van der Waals surface area (Å²) >= 11 is 0. The van der Waals surface area contributed by atoms with Crippen LogP contribution in [0.4, 0.5) is 8.78 Å². The van der Waals surface area contributed by atoms with E-state index in [4.69, 9.17) is 0 Å². The molecule has 0 aliphatic heterocycles. The smallest absolute Gasteiger partial charge is 0.269 e. The molecule has 0 amide bonds. The molecule has 8 nitrogen and oxygen atoms in total. The third kappa shape index (κ3) is 4.06. The van der Waals surface area contributed by atoms with Crippen LogP contribution in [0.1, 0.15) is 0 Å². The SMILES string of the molecule is C=CCn1c(=O)cnc2ncc(F)cc21.O=c1cnc2ncc(F)cc2[nH]1. The summed E-state index contributed by atoms with van der Waals surface area (Å²) in [5.41, 5.74) is 0.698. The standard InChI is InChI=1S/C10H8FN3O.C7H4FN3O/c1-2-3-14-8-4-7(11)5-12-10(8)13-6-9(14)15;8-4-1-5-7(9-2-4)10-3-6(12)11-5/h2,4-6H,1,3H2;1-3H,(H,11,12). The summed E-state index contributed by atoms with van der Waals surface area (Å²) in [5.74, 6) is -0.987. The summed E-state index contributed by atoms with van der Waals surface area (Å²) in [6, 6.07) is 2.41. The van der Waals surface area contributed by atoms with Gasteiger partial charge in [-0.2, -0.15) is 0 Å². The average molecular weight is 370 g/mol. The summed E-state index contributed by atoms with van der Waals surface area (Å²) in [7, 11) is 0. The number of hydrogen-bond donors (Lipinski definition) is 1. The van der Waals surface area contributed by atoms with Crippen molar-refractivity contribution < 1.29 is 8.78 Å². The topological polar surface area (TPSA) is 106 Å². The number of aromatic amines is 1. The molecule has 27 heavy (non-hydrogen) atoms. The van der Waals surface area contributed by atoms with Crippen LogP contribution in [-0.4, -0.2) is 29.5 Å². The molecule has 0 spiro atoms. The molecule has 0 saturated carbocycles. The zero-order valence-corrected chi connectivity index (χ0v) is 13.8. The molecule has 136 valence electrons. The van der Waals surface area contributed by atoms with E-state index in [1.165, 1.54) is 16.7 Å². The van der Waals surface area contributed by atoms with Gasteiger partial charge in [0.05, 0.1) is 35.8 Å². The first-order chi connectivity index (χ1) is 13.0. The fourth-order valence-electron chi connectivity index (χ4n) is 2.25. The fraction of sp³-hybridized carbons (Fsp3) is 0.0588. The van der Waals surface area contributed by atoms with Gasteiger partial charge >= 0.3 is 0 Å². The number of rotatable bonds is 2. The van der Waals surface area contributed by atoms with Crippen molar-refractivity contribution in [2.75, 3.05) is 0 Å². The van der Waals surface area contributed by atoms with Crippen LogP contribution in [0.3, 0.4) is 0 Å². The van der Waals surface area contributed by atoms with E-state index < -0.39 is 11.6 Å². The maximum Gasteiger partial charge on any atom is 0.269 e. The lowest BCUT2D eigenvalue weighted by molar-refractivity contribution is 0.621. The Hall–Kier alpha value is -3.82. The maximum absolute atomic E-state index is 13.0. The van der Waals surface area contributed by atoms with Crippen molar-refractivity contribution in [1.29, 1.82) is 0 Å². The van der Waals surface area contributed by atoms with E-state index in [0.717, 1.165) is 24.8 Å². The Bertz CT molecular complexity index is 1250. The van der Waals surface area contributed by atoms with Crippen LogP contribution >= 0.6 is 0 Å². The van der Waals surface area contributed by atoms with Crippen molar-refractivity contribution in [3.8, 4) is 0 Å². The van der Waals surface area contributed by atoms with Crippen molar-refractivity contribution in [2.24, 2.45) is 0 Å². The highest BCUT2D eigenvalue weighted by Crippen LogP contribution is 2.08. The normalized spacial score (nSPS) is 10.4. The molecular weight excluding hydrogens is 358 g/mol. The molecule has 0 fully saturated rings. The number of fused-ring (bicyclic) bond motifs is 2. The van der Waals surface area contributed by atoms with E-state index in [-0.39, 0.29) is 11.1 Å². The molecule has 0 atom stereocenters. The molecule has 1 N–H and O–H groups in total. The van der Waals surface area contributed by atoms with Crippen molar-refractivity contribution in [1.82, 2.24) is 29.5 Å². The minimum absolute atomic E-state index is 0.296. The zero-order chi connectivity index (χ0) is 19.4. The molecule has 0 aliphatic carbocycles. The second kappa shape index (κ2) is 7.60. The quantitative estimate of drug-likeness (QED) is 0.537. The second-order valence-corrected chi connectivity index (χ2v) is 5.26. The van der Waals surface area contributed by atoms with Gasteiger partial charge in [-0.3, -0.25) is 9.59 Å². The van der Waals surface area contributed by atoms with Crippen LogP contribution < -0.4 is 11.1 Å². The molecular formula is C17H12F2N6O2. The van der Waals surface area contributed by atoms with Gasteiger partial charge < -0.3 is 9.55 Å². The molecule has 0 saturated heterocycles. The predicted octanol–water partition coefficient (Wildman–Crippen LogP) is 1.57. The lowest BCUT2D eigenvalue weighted by Crippen LogP contribution is -2.20. The van der Waals surface area contributed by atoms with Crippen LogP contribution in [0.2, 0.25) is 0 Å². The van der Waals surface area contributed by atoms with Crippen molar-refractivity contribution in [3.63, 3.8) is 0 Å². The van der Waals surface area contributed by atoms with Crippen LogP contribution in [0.25, 0.3) is 22.3 Å². The highest BCUT2D eigenvalue weighted by molar-refractivity contribution is 5.69. The fourth-order valence-corrected chi connectivity index (χ4v) is 2.25. The molecule has 4 heterocycles. The molecule has 4 aromatic heterocycles. The number of allylic oxidation sites excluding steroid dienone is 1. The van der Waals surface area contributed by atoms with E-state index in [0.29, 0.717) is 28.9 Å². The first-order valence-corrected chi connectivity index (χ1v) is 7.60. The first kappa shape index (κ1) is 18.0. The lowest BCUT2D eigenvalue weighted by Gasteiger charge is -2.05. The monoisotopic (exact) mass is 370 g/mol. The molecule has 0 radical (unpaired) electrons. The summed E-state index contributed by atoms with van der Waals surface area (Å²) in [5, 5.41) is 0. The highest BCUT2D eigenvalue weighted by atomic mass is 19.1. The number of nitrogens with one attached hydrogen (secondary N) is 1. The summed E-state index contributed by atoms with van der Waals surface area (Å²) in [4.78, 5) is 39.5. The molecule has 0 unspecified atom stereocenters. The van der Waals surface area contributed by atoms with Crippen LogP contribution in [-0.2, 0) is 6.54 Å². The number of aromatic nitrogens is 6. The van der Waals surface area contributed by atoms with E-state index >= 15 is 0 Å². The molecule has 10 heteroatoms. The van der Waals surface area contributed by atoms with Gasteiger partial charge in [-0.05, 0) is 0 Å². The minimum atomic E-state index is -0.494. The summed E-state index contributed by atoms with van der Waals surface area (Å²) < 4.78 is 26.9. The number of halogens is 2. The second-order valence-electron chi connectivity index (χ2n) is 5.26. The molecule has 0 aromatic carbocycles. The predicted molar refractivity (Wildman–Crippen MR) is 94.1 cm³/mol. The van der Waals surface area contributed by atoms with Crippen molar-refractivity contribution in [3.05, 3.63) is 81.9 Å². The van der Waals surface area contributed by atoms with Crippen LogP contribution in [0.5, 0.6) is 0 Å². The highest BCUT2D eigenvalue weighted by Gasteiger charge is 2.04. The van der Waals surface area contributed by atoms with Gasteiger partial charge in [-0.25, -0.2) is 28.7 Å². The molecule has 0 bridgehead atoms. The largest absolute Gasteiger partial charge is 0.318 e. The molecule has 4 rings (SSSR count). The van der Waals surface area contributed by atoms with E-state index in [2.05, 4.69) is 31.5 Å². The Morgan fingerprint density at radius 3 is 2.33 bits per heavy atom. The van der Waals surface area contributed by atoms with Crippen LogP contribution in [0, 0.1) is 11.6 Å². The third-order valence-electron chi connectivity index (χ3n) is 3.37. The average Bonchev–Trinajstić information content (AvgIpc) is 2.64. The van der Waals surface area contributed by atoms with Gasteiger partial charge in [0.15, 0.2) is 11.3 Å². The van der Waals surface area contributed by atoms with Gasteiger partial charge in [-0.15, -0.1) is 6.58 Å². The van der Waals surface area contributed by atoms with Gasteiger partial charge in [0.1, 0.15) is 11.6 Å². The number of pyridine rings is 2. The molecule has 4 aromatic rings. The maximum atomic E-state index is 13.0. The Morgan fingerprint density at radius 2 is 1.59 bits per heavy atom. The van der Waals surface area contributed by atoms with E-state index in [1.54, 1.807) is 6.08 Å². The van der Waals surface area contributed by atoms with Crippen molar-refractivity contribution >= 4 is 22.3 Å². The van der Waals surface area contributed by atoms with Crippen LogP contribution in [0.15, 0.2) is 59.2 Å². The summed E-state index contributed by atoms with van der Waals surface area (Å²) in [6.07, 6.45) is 5.95. The lowest BCUT2D eigenvalue weighted by atomic mass is 10.4.